The third-order valence-electron chi connectivity index (χ3n) is 7.15. The molecule has 0 amide bonds. The van der Waals surface area contributed by atoms with Gasteiger partial charge < -0.3 is 19.7 Å². The number of anilines is 1. The maximum absolute atomic E-state index is 14.0. The predicted octanol–water partition coefficient (Wildman–Crippen LogP) is 3.84. The molecule has 1 N–H and O–H groups in total. The molecular formula is C24H31FN4O2. The standard InChI is InChI=1S/C24H31FN4O2/c1-30-23-4-2-17(12-21(23)25)22-3-5-24(28-27-22)26-20-10-18-14-29(15-19(18)11-20)13-16-6-8-31-9-7-16/h2-5,12,16,18-20H,6-11,13-15H2,1H3,(H,26,28)/t18-,19+,20?. The van der Waals surface area contributed by atoms with E-state index in [2.05, 4.69) is 20.4 Å². The first-order valence-electron chi connectivity index (χ1n) is 11.4. The molecule has 3 heterocycles. The van der Waals surface area contributed by atoms with Crippen LogP contribution in [0.2, 0.25) is 0 Å². The zero-order valence-electron chi connectivity index (χ0n) is 18.1. The zero-order chi connectivity index (χ0) is 21.2. The molecule has 3 atom stereocenters. The topological polar surface area (TPSA) is 59.5 Å². The summed E-state index contributed by atoms with van der Waals surface area (Å²) in [4.78, 5) is 2.68. The smallest absolute Gasteiger partial charge is 0.165 e. The van der Waals surface area contributed by atoms with Gasteiger partial charge in [0, 0.05) is 44.5 Å². The van der Waals surface area contributed by atoms with Crippen molar-refractivity contribution in [1.82, 2.24) is 15.1 Å². The molecule has 0 bridgehead atoms. The van der Waals surface area contributed by atoms with Crippen molar-refractivity contribution in [2.75, 3.05) is 45.3 Å². The number of nitrogens with one attached hydrogen (secondary N) is 1. The average Bonchev–Trinajstić information content (AvgIpc) is 3.33. The van der Waals surface area contributed by atoms with E-state index in [9.17, 15) is 4.39 Å². The summed E-state index contributed by atoms with van der Waals surface area (Å²) in [7, 11) is 1.46. The molecule has 5 rings (SSSR count). The Balaban J connectivity index is 1.13. The molecule has 1 saturated carbocycles. The number of methoxy groups -OCH3 is 1. The summed E-state index contributed by atoms with van der Waals surface area (Å²) in [5.41, 5.74) is 1.34. The van der Waals surface area contributed by atoms with Gasteiger partial charge in [-0.1, -0.05) is 0 Å². The minimum absolute atomic E-state index is 0.230. The molecule has 2 aromatic rings. The Morgan fingerprint density at radius 1 is 1.10 bits per heavy atom. The molecule has 1 aromatic carbocycles. The summed E-state index contributed by atoms with van der Waals surface area (Å²) in [5, 5.41) is 12.2. The number of hydrogen-bond acceptors (Lipinski definition) is 6. The number of halogens is 1. The Hall–Kier alpha value is -2.25. The number of rotatable bonds is 6. The monoisotopic (exact) mass is 426 g/mol. The Morgan fingerprint density at radius 2 is 1.87 bits per heavy atom. The van der Waals surface area contributed by atoms with Gasteiger partial charge >= 0.3 is 0 Å². The summed E-state index contributed by atoms with van der Waals surface area (Å²) >= 11 is 0. The second-order valence-electron chi connectivity index (χ2n) is 9.26. The van der Waals surface area contributed by atoms with Crippen LogP contribution in [-0.2, 0) is 4.74 Å². The van der Waals surface area contributed by atoms with E-state index in [1.54, 1.807) is 12.1 Å². The van der Waals surface area contributed by atoms with Crippen LogP contribution in [0.15, 0.2) is 30.3 Å². The average molecular weight is 427 g/mol. The maximum atomic E-state index is 14.0. The van der Waals surface area contributed by atoms with Crippen molar-refractivity contribution in [3.05, 3.63) is 36.1 Å². The highest BCUT2D eigenvalue weighted by atomic mass is 19.1. The van der Waals surface area contributed by atoms with E-state index in [0.29, 0.717) is 17.3 Å². The van der Waals surface area contributed by atoms with Gasteiger partial charge in [0.15, 0.2) is 11.6 Å². The van der Waals surface area contributed by atoms with E-state index in [1.807, 2.05) is 12.1 Å². The van der Waals surface area contributed by atoms with Crippen molar-refractivity contribution in [3.63, 3.8) is 0 Å². The number of aromatic nitrogens is 2. The highest BCUT2D eigenvalue weighted by molar-refractivity contribution is 5.61. The molecule has 7 heteroatoms. The molecule has 6 nitrogen and oxygen atoms in total. The Kier molecular flexibility index (Phi) is 6.05. The zero-order valence-corrected chi connectivity index (χ0v) is 18.1. The van der Waals surface area contributed by atoms with Crippen LogP contribution in [0, 0.1) is 23.6 Å². The first-order chi connectivity index (χ1) is 15.2. The van der Waals surface area contributed by atoms with Gasteiger partial charge in [0.25, 0.3) is 0 Å². The Bertz CT molecular complexity index is 874. The summed E-state index contributed by atoms with van der Waals surface area (Å²) in [5.74, 6) is 3.01. The molecule has 1 aliphatic carbocycles. The highest BCUT2D eigenvalue weighted by Gasteiger charge is 2.41. The molecule has 1 unspecified atom stereocenters. The van der Waals surface area contributed by atoms with E-state index in [1.165, 1.54) is 58.5 Å². The minimum Gasteiger partial charge on any atom is -0.494 e. The van der Waals surface area contributed by atoms with Gasteiger partial charge in [0.2, 0.25) is 0 Å². The lowest BCUT2D eigenvalue weighted by atomic mass is 10.00. The van der Waals surface area contributed by atoms with Crippen molar-refractivity contribution >= 4 is 5.82 Å². The van der Waals surface area contributed by atoms with Gasteiger partial charge in [-0.05, 0) is 73.8 Å². The van der Waals surface area contributed by atoms with Crippen LogP contribution >= 0.6 is 0 Å². The van der Waals surface area contributed by atoms with Crippen LogP contribution in [0.1, 0.15) is 25.7 Å². The van der Waals surface area contributed by atoms with Crippen molar-refractivity contribution in [2.45, 2.75) is 31.7 Å². The van der Waals surface area contributed by atoms with Gasteiger partial charge in [0.05, 0.1) is 12.8 Å². The number of hydrogen-bond donors (Lipinski definition) is 1. The summed E-state index contributed by atoms with van der Waals surface area (Å²) in [6.45, 7) is 5.57. The van der Waals surface area contributed by atoms with Gasteiger partial charge in [-0.15, -0.1) is 10.2 Å². The largest absolute Gasteiger partial charge is 0.494 e. The van der Waals surface area contributed by atoms with Gasteiger partial charge in [-0.2, -0.15) is 0 Å². The van der Waals surface area contributed by atoms with Crippen LogP contribution in [0.4, 0.5) is 10.2 Å². The third-order valence-corrected chi connectivity index (χ3v) is 7.15. The molecule has 3 aliphatic rings. The fourth-order valence-electron chi connectivity index (χ4n) is 5.56. The number of ether oxygens (including phenoxy) is 2. The van der Waals surface area contributed by atoms with Gasteiger partial charge in [0.1, 0.15) is 5.82 Å². The summed E-state index contributed by atoms with van der Waals surface area (Å²) < 4.78 is 24.4. The Morgan fingerprint density at radius 3 is 2.52 bits per heavy atom. The van der Waals surface area contributed by atoms with E-state index < -0.39 is 5.82 Å². The summed E-state index contributed by atoms with van der Waals surface area (Å²) in [6, 6.07) is 9.13. The Labute approximate surface area is 183 Å². The first kappa shape index (κ1) is 20.6. The fourth-order valence-corrected chi connectivity index (χ4v) is 5.56. The second kappa shape index (κ2) is 9.09. The van der Waals surface area contributed by atoms with Crippen LogP contribution in [0.5, 0.6) is 5.75 Å². The molecule has 2 aliphatic heterocycles. The molecule has 1 aromatic heterocycles. The molecule has 0 radical (unpaired) electrons. The van der Waals surface area contributed by atoms with Crippen LogP contribution < -0.4 is 10.1 Å². The number of likely N-dealkylation sites (tertiary alicyclic amines) is 1. The quantitative estimate of drug-likeness (QED) is 0.757. The van der Waals surface area contributed by atoms with Crippen molar-refractivity contribution in [2.24, 2.45) is 17.8 Å². The van der Waals surface area contributed by atoms with Crippen LogP contribution in [-0.4, -0.2) is 61.1 Å². The lowest BCUT2D eigenvalue weighted by molar-refractivity contribution is 0.0545. The van der Waals surface area contributed by atoms with Crippen LogP contribution in [0.25, 0.3) is 11.3 Å². The van der Waals surface area contributed by atoms with Crippen molar-refractivity contribution < 1.29 is 13.9 Å². The van der Waals surface area contributed by atoms with E-state index >= 15 is 0 Å². The highest BCUT2D eigenvalue weighted by Crippen LogP contribution is 2.39. The second-order valence-corrected chi connectivity index (χ2v) is 9.26. The fraction of sp³-hybridized carbons (Fsp3) is 0.583. The van der Waals surface area contributed by atoms with Crippen LogP contribution in [0.3, 0.4) is 0 Å². The van der Waals surface area contributed by atoms with E-state index in [0.717, 1.165) is 36.8 Å². The molecule has 2 saturated heterocycles. The van der Waals surface area contributed by atoms with Gasteiger partial charge in [-0.3, -0.25) is 0 Å². The molecule has 0 spiro atoms. The first-order valence-corrected chi connectivity index (χ1v) is 11.4. The van der Waals surface area contributed by atoms with E-state index in [4.69, 9.17) is 9.47 Å². The normalized spacial score (nSPS) is 26.7. The predicted molar refractivity (Wildman–Crippen MR) is 118 cm³/mol. The lowest BCUT2D eigenvalue weighted by Gasteiger charge is -2.27. The molecular weight excluding hydrogens is 395 g/mol. The van der Waals surface area contributed by atoms with E-state index in [-0.39, 0.29) is 5.75 Å². The minimum atomic E-state index is -0.396. The van der Waals surface area contributed by atoms with Crippen molar-refractivity contribution in [3.8, 4) is 17.0 Å². The van der Waals surface area contributed by atoms with Gasteiger partial charge in [-0.25, -0.2) is 4.39 Å². The molecule has 3 fully saturated rings. The maximum Gasteiger partial charge on any atom is 0.165 e. The van der Waals surface area contributed by atoms with Crippen molar-refractivity contribution in [1.29, 1.82) is 0 Å². The third kappa shape index (κ3) is 4.67. The summed E-state index contributed by atoms with van der Waals surface area (Å²) in [6.07, 6.45) is 4.83. The molecule has 31 heavy (non-hydrogen) atoms. The number of nitrogens with zero attached hydrogens (tertiary/aromatic N) is 3. The lowest BCUT2D eigenvalue weighted by Crippen LogP contribution is -2.32. The SMILES string of the molecule is COc1ccc(-c2ccc(NC3C[C@@H]4CN(CC5CCOCC5)C[C@@H]4C3)nn2)cc1F. The number of fused-ring (bicyclic) bond motifs is 1. The molecule has 166 valence electrons. The number of benzene rings is 1.